The van der Waals surface area contributed by atoms with Crippen molar-refractivity contribution in [1.82, 2.24) is 15.5 Å². The van der Waals surface area contributed by atoms with E-state index in [9.17, 15) is 4.39 Å². The van der Waals surface area contributed by atoms with Gasteiger partial charge in [-0.05, 0) is 36.4 Å². The molecule has 1 aliphatic rings. The number of benzene rings is 1. The van der Waals surface area contributed by atoms with E-state index >= 15 is 0 Å². The third-order valence-corrected chi connectivity index (χ3v) is 4.64. The maximum absolute atomic E-state index is 13.5. The Morgan fingerprint density at radius 2 is 2.04 bits per heavy atom. The predicted molar refractivity (Wildman–Crippen MR) is 119 cm³/mol. The maximum atomic E-state index is 13.5. The first kappa shape index (κ1) is 23.5. The van der Waals surface area contributed by atoms with E-state index < -0.39 is 0 Å². The summed E-state index contributed by atoms with van der Waals surface area (Å²) in [6.07, 6.45) is 2.02. The maximum Gasteiger partial charge on any atom is 0.191 e. The molecule has 1 saturated heterocycles. The molecule has 0 amide bonds. The highest BCUT2D eigenvalue weighted by Crippen LogP contribution is 2.17. The lowest BCUT2D eigenvalue weighted by atomic mass is 10.1. The van der Waals surface area contributed by atoms with E-state index in [-0.39, 0.29) is 29.8 Å². The molecule has 1 heterocycles. The summed E-state index contributed by atoms with van der Waals surface area (Å²) in [5.41, 5.74) is 2.08. The van der Waals surface area contributed by atoms with Crippen molar-refractivity contribution in [2.45, 2.75) is 19.2 Å². The molecule has 0 aromatic heterocycles. The Morgan fingerprint density at radius 1 is 1.27 bits per heavy atom. The molecule has 26 heavy (non-hydrogen) atoms. The topological polar surface area (TPSA) is 48.9 Å². The molecule has 1 aliphatic heterocycles. The van der Waals surface area contributed by atoms with Crippen LogP contribution in [-0.2, 0) is 17.0 Å². The zero-order chi connectivity index (χ0) is 17.9. The Bertz CT molecular complexity index is 556. The van der Waals surface area contributed by atoms with Crippen LogP contribution in [-0.4, -0.2) is 63.1 Å². The van der Waals surface area contributed by atoms with Crippen molar-refractivity contribution < 1.29 is 9.13 Å². The first-order chi connectivity index (χ1) is 12.2. The fourth-order valence-electron chi connectivity index (χ4n) is 2.70. The fourth-order valence-corrected chi connectivity index (χ4v) is 3.28. The van der Waals surface area contributed by atoms with Gasteiger partial charge in [0.25, 0.3) is 0 Å². The van der Waals surface area contributed by atoms with Gasteiger partial charge in [-0.3, -0.25) is 4.90 Å². The van der Waals surface area contributed by atoms with Gasteiger partial charge in [0.2, 0.25) is 0 Å². The van der Waals surface area contributed by atoms with Gasteiger partial charge in [-0.1, -0.05) is 6.07 Å². The van der Waals surface area contributed by atoms with Gasteiger partial charge in [0.1, 0.15) is 5.82 Å². The van der Waals surface area contributed by atoms with E-state index in [1.807, 2.05) is 12.3 Å². The minimum Gasteiger partial charge on any atom is -0.379 e. The molecule has 2 rings (SSSR count). The number of rotatable bonds is 8. The molecule has 1 aromatic carbocycles. The summed E-state index contributed by atoms with van der Waals surface area (Å²) in [5, 5.41) is 6.65. The first-order valence-corrected chi connectivity index (χ1v) is 10.2. The standard InChI is InChI=1S/C18H29FN4OS.HI/c1-3-20-18(21-6-7-23-8-10-24-11-9-23)22-13-15-4-5-17(19)12-16(15)14-25-2;/h4-5,12H,3,6-11,13-14H2,1-2H3,(H2,20,21,22);1H. The van der Waals surface area contributed by atoms with E-state index in [4.69, 9.17) is 4.74 Å². The van der Waals surface area contributed by atoms with E-state index in [1.54, 1.807) is 17.8 Å². The van der Waals surface area contributed by atoms with Crippen LogP contribution in [0.2, 0.25) is 0 Å². The predicted octanol–water partition coefficient (Wildman–Crippen LogP) is 2.69. The van der Waals surface area contributed by atoms with E-state index in [2.05, 4.69) is 27.4 Å². The number of halogens is 2. The second kappa shape index (κ2) is 13.6. The number of guanidine groups is 1. The van der Waals surface area contributed by atoms with Crippen LogP contribution in [0.25, 0.3) is 0 Å². The number of ether oxygens (including phenoxy) is 1. The van der Waals surface area contributed by atoms with Gasteiger partial charge in [-0.15, -0.1) is 24.0 Å². The highest BCUT2D eigenvalue weighted by atomic mass is 127. The minimum absolute atomic E-state index is 0. The van der Waals surface area contributed by atoms with Gasteiger partial charge in [-0.2, -0.15) is 11.8 Å². The average Bonchev–Trinajstić information content (AvgIpc) is 2.62. The van der Waals surface area contributed by atoms with Crippen LogP contribution in [0.15, 0.2) is 23.2 Å². The minimum atomic E-state index is -0.188. The Kier molecular flexibility index (Phi) is 12.2. The summed E-state index contributed by atoms with van der Waals surface area (Å²) in [6, 6.07) is 4.95. The van der Waals surface area contributed by atoms with Crippen LogP contribution in [0, 0.1) is 5.82 Å². The summed E-state index contributed by atoms with van der Waals surface area (Å²) < 4.78 is 18.8. The molecule has 1 fully saturated rings. The second-order valence-corrected chi connectivity index (χ2v) is 6.79. The normalized spacial score (nSPS) is 15.4. The molecule has 148 valence electrons. The molecule has 0 aliphatic carbocycles. The van der Waals surface area contributed by atoms with Crippen LogP contribution in [0.4, 0.5) is 4.39 Å². The SMILES string of the molecule is CCNC(=NCc1ccc(F)cc1CSC)NCCN1CCOCC1.I. The summed E-state index contributed by atoms with van der Waals surface area (Å²) >= 11 is 1.69. The monoisotopic (exact) mass is 496 g/mol. The smallest absolute Gasteiger partial charge is 0.191 e. The summed E-state index contributed by atoms with van der Waals surface area (Å²) in [4.78, 5) is 7.04. The quantitative estimate of drug-likeness (QED) is 0.330. The number of aliphatic imine (C=N–C) groups is 1. The van der Waals surface area contributed by atoms with Crippen LogP contribution < -0.4 is 10.6 Å². The van der Waals surface area contributed by atoms with Crippen molar-refractivity contribution in [3.63, 3.8) is 0 Å². The van der Waals surface area contributed by atoms with Crippen molar-refractivity contribution in [2.24, 2.45) is 4.99 Å². The van der Waals surface area contributed by atoms with Gasteiger partial charge in [0, 0.05) is 38.5 Å². The van der Waals surface area contributed by atoms with Gasteiger partial charge in [0.15, 0.2) is 5.96 Å². The average molecular weight is 496 g/mol. The zero-order valence-electron chi connectivity index (χ0n) is 15.6. The van der Waals surface area contributed by atoms with Gasteiger partial charge in [0.05, 0.1) is 19.8 Å². The first-order valence-electron chi connectivity index (χ1n) is 8.81. The van der Waals surface area contributed by atoms with Crippen molar-refractivity contribution in [2.75, 3.05) is 52.2 Å². The van der Waals surface area contributed by atoms with Gasteiger partial charge >= 0.3 is 0 Å². The molecular formula is C18H30FIN4OS. The van der Waals surface area contributed by atoms with E-state index in [1.165, 1.54) is 6.07 Å². The van der Waals surface area contributed by atoms with Crippen LogP contribution >= 0.6 is 35.7 Å². The van der Waals surface area contributed by atoms with Gasteiger partial charge in [-0.25, -0.2) is 9.38 Å². The lowest BCUT2D eigenvalue weighted by Gasteiger charge is -2.26. The number of morpholine rings is 1. The molecule has 0 radical (unpaired) electrons. The Morgan fingerprint density at radius 3 is 2.73 bits per heavy atom. The lowest BCUT2D eigenvalue weighted by molar-refractivity contribution is 0.0389. The Hall–Kier alpha value is -0.580. The highest BCUT2D eigenvalue weighted by molar-refractivity contribution is 14.0. The number of nitrogens with zero attached hydrogens (tertiary/aromatic N) is 2. The molecule has 0 spiro atoms. The van der Waals surface area contributed by atoms with Crippen molar-refractivity contribution >= 4 is 41.7 Å². The lowest BCUT2D eigenvalue weighted by Crippen LogP contribution is -2.44. The van der Waals surface area contributed by atoms with Crippen molar-refractivity contribution in [3.8, 4) is 0 Å². The summed E-state index contributed by atoms with van der Waals surface area (Å²) in [6.45, 7) is 8.83. The van der Waals surface area contributed by atoms with Crippen molar-refractivity contribution in [3.05, 3.63) is 35.1 Å². The third kappa shape index (κ3) is 8.41. The number of nitrogens with one attached hydrogen (secondary N) is 2. The summed E-state index contributed by atoms with van der Waals surface area (Å²) in [7, 11) is 0. The molecule has 0 bridgehead atoms. The van der Waals surface area contributed by atoms with Crippen LogP contribution in [0.1, 0.15) is 18.1 Å². The summed E-state index contributed by atoms with van der Waals surface area (Å²) in [5.74, 6) is 1.41. The zero-order valence-corrected chi connectivity index (χ0v) is 18.7. The molecule has 0 atom stereocenters. The molecular weight excluding hydrogens is 466 g/mol. The number of hydrogen-bond donors (Lipinski definition) is 2. The molecule has 2 N–H and O–H groups in total. The Balaban J connectivity index is 0.00000338. The molecule has 8 heteroatoms. The molecule has 5 nitrogen and oxygen atoms in total. The number of thioether (sulfide) groups is 1. The van der Waals surface area contributed by atoms with Crippen LogP contribution in [0.5, 0.6) is 0 Å². The van der Waals surface area contributed by atoms with E-state index in [0.29, 0.717) is 6.54 Å². The fraction of sp³-hybridized carbons (Fsp3) is 0.611. The highest BCUT2D eigenvalue weighted by Gasteiger charge is 2.10. The number of hydrogen-bond acceptors (Lipinski definition) is 4. The molecule has 1 aromatic rings. The van der Waals surface area contributed by atoms with E-state index in [0.717, 1.165) is 68.8 Å². The Labute approximate surface area is 177 Å². The van der Waals surface area contributed by atoms with Gasteiger partial charge < -0.3 is 15.4 Å². The third-order valence-electron chi connectivity index (χ3n) is 4.04. The van der Waals surface area contributed by atoms with Crippen LogP contribution in [0.3, 0.4) is 0 Å². The molecule has 0 unspecified atom stereocenters. The van der Waals surface area contributed by atoms with Crippen molar-refractivity contribution in [1.29, 1.82) is 0 Å². The molecule has 0 saturated carbocycles. The second-order valence-electron chi connectivity index (χ2n) is 5.92. The largest absolute Gasteiger partial charge is 0.379 e.